The van der Waals surface area contributed by atoms with E-state index < -0.39 is 11.5 Å². The molecule has 3 rings (SSSR count). The van der Waals surface area contributed by atoms with Crippen molar-refractivity contribution in [1.82, 2.24) is 5.32 Å². The first kappa shape index (κ1) is 15.6. The van der Waals surface area contributed by atoms with Crippen molar-refractivity contribution in [3.05, 3.63) is 33.8 Å². The average molecular weight is 342 g/mol. The van der Waals surface area contributed by atoms with E-state index in [1.54, 1.807) is 6.07 Å². The van der Waals surface area contributed by atoms with Crippen LogP contribution in [0.15, 0.2) is 18.2 Å². The summed E-state index contributed by atoms with van der Waals surface area (Å²) in [5.74, 6) is -1.31. The number of aliphatic carboxylic acids is 1. The number of nitrogens with one attached hydrogen (secondary N) is 1. The van der Waals surface area contributed by atoms with Gasteiger partial charge >= 0.3 is 5.97 Å². The predicted octanol–water partition coefficient (Wildman–Crippen LogP) is 3.61. The molecular formula is C16H17Cl2NO3. The fourth-order valence-corrected chi connectivity index (χ4v) is 3.78. The summed E-state index contributed by atoms with van der Waals surface area (Å²) in [6.07, 6.45) is 3.36. The number of carbonyl (C=O) groups is 2. The minimum Gasteiger partial charge on any atom is -0.480 e. The van der Waals surface area contributed by atoms with E-state index in [-0.39, 0.29) is 17.7 Å². The Hall–Kier alpha value is -1.26. The maximum absolute atomic E-state index is 12.4. The van der Waals surface area contributed by atoms with Crippen LogP contribution < -0.4 is 5.32 Å². The van der Waals surface area contributed by atoms with Gasteiger partial charge in [0.15, 0.2) is 0 Å². The Morgan fingerprint density at radius 1 is 1.23 bits per heavy atom. The zero-order valence-electron chi connectivity index (χ0n) is 11.9. The molecule has 22 heavy (non-hydrogen) atoms. The SMILES string of the molecule is O=C(NC1(C(=O)O)CCCC1)C1CC1c1cccc(Cl)c1Cl. The summed E-state index contributed by atoms with van der Waals surface area (Å²) in [4.78, 5) is 23.9. The first-order valence-electron chi connectivity index (χ1n) is 7.44. The van der Waals surface area contributed by atoms with Crippen molar-refractivity contribution in [2.45, 2.75) is 43.6 Å². The van der Waals surface area contributed by atoms with Crippen LogP contribution in [0.3, 0.4) is 0 Å². The van der Waals surface area contributed by atoms with Crippen LogP contribution in [0, 0.1) is 5.92 Å². The van der Waals surface area contributed by atoms with Gasteiger partial charge < -0.3 is 10.4 Å². The molecule has 2 saturated carbocycles. The standard InChI is InChI=1S/C16H17Cl2NO3/c17-12-5-3-4-9(13(12)18)10-8-11(10)14(20)19-16(15(21)22)6-1-2-7-16/h3-5,10-11H,1-2,6-8H2,(H,19,20)(H,21,22). The number of halogens is 2. The van der Waals surface area contributed by atoms with Crippen molar-refractivity contribution >= 4 is 35.1 Å². The normalized spacial score (nSPS) is 25.7. The summed E-state index contributed by atoms with van der Waals surface area (Å²) in [5, 5.41) is 13.2. The van der Waals surface area contributed by atoms with E-state index in [0.717, 1.165) is 18.4 Å². The van der Waals surface area contributed by atoms with Crippen LogP contribution in [-0.2, 0) is 9.59 Å². The monoisotopic (exact) mass is 341 g/mol. The van der Waals surface area contributed by atoms with Crippen LogP contribution in [0.4, 0.5) is 0 Å². The van der Waals surface area contributed by atoms with Crippen LogP contribution in [-0.4, -0.2) is 22.5 Å². The van der Waals surface area contributed by atoms with Crippen LogP contribution in [0.1, 0.15) is 43.6 Å². The highest BCUT2D eigenvalue weighted by Crippen LogP contribution is 2.51. The van der Waals surface area contributed by atoms with Crippen molar-refractivity contribution in [1.29, 1.82) is 0 Å². The summed E-state index contributed by atoms with van der Waals surface area (Å²) in [6, 6.07) is 5.39. The van der Waals surface area contributed by atoms with E-state index in [1.165, 1.54) is 0 Å². The maximum atomic E-state index is 12.4. The van der Waals surface area contributed by atoms with E-state index >= 15 is 0 Å². The molecule has 1 amide bonds. The van der Waals surface area contributed by atoms with E-state index in [1.807, 2.05) is 12.1 Å². The number of carboxylic acids is 1. The number of rotatable bonds is 4. The van der Waals surface area contributed by atoms with Crippen molar-refractivity contribution in [3.63, 3.8) is 0 Å². The number of carboxylic acid groups (broad SMARTS) is 1. The quantitative estimate of drug-likeness (QED) is 0.878. The van der Waals surface area contributed by atoms with Crippen molar-refractivity contribution in [3.8, 4) is 0 Å². The third-order valence-corrected chi connectivity index (χ3v) is 5.57. The number of hydrogen-bond acceptors (Lipinski definition) is 2. The summed E-state index contributed by atoms with van der Waals surface area (Å²) in [6.45, 7) is 0. The molecule has 0 aromatic heterocycles. The molecule has 1 aromatic rings. The van der Waals surface area contributed by atoms with Gasteiger partial charge in [0.1, 0.15) is 5.54 Å². The van der Waals surface area contributed by atoms with Crippen molar-refractivity contribution < 1.29 is 14.7 Å². The third kappa shape index (κ3) is 2.70. The second kappa shape index (κ2) is 5.74. The van der Waals surface area contributed by atoms with Crippen LogP contribution in [0.2, 0.25) is 10.0 Å². The Labute approximate surface area is 138 Å². The molecule has 2 unspecified atom stereocenters. The van der Waals surface area contributed by atoms with Gasteiger partial charge in [-0.2, -0.15) is 0 Å². The molecule has 118 valence electrons. The Bertz CT molecular complexity index is 626. The molecule has 2 N–H and O–H groups in total. The molecule has 0 spiro atoms. The second-order valence-electron chi connectivity index (χ2n) is 6.18. The second-order valence-corrected chi connectivity index (χ2v) is 6.96. The van der Waals surface area contributed by atoms with E-state index in [0.29, 0.717) is 29.3 Å². The fraction of sp³-hybridized carbons (Fsp3) is 0.500. The lowest BCUT2D eigenvalue weighted by atomic mass is 9.97. The smallest absolute Gasteiger partial charge is 0.329 e. The first-order valence-corrected chi connectivity index (χ1v) is 8.19. The minimum absolute atomic E-state index is 0.0263. The van der Waals surface area contributed by atoms with E-state index in [2.05, 4.69) is 5.32 Å². The number of carbonyl (C=O) groups excluding carboxylic acids is 1. The molecule has 2 fully saturated rings. The summed E-state index contributed by atoms with van der Waals surface area (Å²) < 4.78 is 0. The predicted molar refractivity (Wildman–Crippen MR) is 84.3 cm³/mol. The van der Waals surface area contributed by atoms with Gasteiger partial charge in [0.25, 0.3) is 0 Å². The Morgan fingerprint density at radius 3 is 2.55 bits per heavy atom. The van der Waals surface area contributed by atoms with Crippen LogP contribution in [0.5, 0.6) is 0 Å². The molecule has 0 saturated heterocycles. The molecule has 2 atom stereocenters. The van der Waals surface area contributed by atoms with E-state index in [4.69, 9.17) is 23.2 Å². The molecule has 4 nitrogen and oxygen atoms in total. The van der Waals surface area contributed by atoms with Crippen molar-refractivity contribution in [2.24, 2.45) is 5.92 Å². The minimum atomic E-state index is -1.08. The highest BCUT2D eigenvalue weighted by Gasteiger charge is 2.49. The van der Waals surface area contributed by atoms with Gasteiger partial charge in [0, 0.05) is 5.92 Å². The first-order chi connectivity index (χ1) is 10.4. The van der Waals surface area contributed by atoms with Gasteiger partial charge in [-0.25, -0.2) is 4.79 Å². The molecule has 6 heteroatoms. The fourth-order valence-electron chi connectivity index (χ4n) is 3.33. The molecule has 0 heterocycles. The zero-order valence-corrected chi connectivity index (χ0v) is 13.5. The van der Waals surface area contributed by atoms with Crippen LogP contribution in [0.25, 0.3) is 0 Å². The summed E-state index contributed by atoms with van der Waals surface area (Å²) in [5.41, 5.74) is -0.215. The molecule has 0 radical (unpaired) electrons. The highest BCUT2D eigenvalue weighted by atomic mass is 35.5. The largest absolute Gasteiger partial charge is 0.480 e. The van der Waals surface area contributed by atoms with Gasteiger partial charge in [-0.3, -0.25) is 4.79 Å². The number of benzene rings is 1. The van der Waals surface area contributed by atoms with Gasteiger partial charge in [0.05, 0.1) is 10.0 Å². The topological polar surface area (TPSA) is 66.4 Å². The van der Waals surface area contributed by atoms with Crippen LogP contribution >= 0.6 is 23.2 Å². The third-order valence-electron chi connectivity index (χ3n) is 4.74. The van der Waals surface area contributed by atoms with Gasteiger partial charge in [-0.05, 0) is 36.8 Å². The van der Waals surface area contributed by atoms with Gasteiger partial charge in [-0.15, -0.1) is 0 Å². The molecule has 2 aliphatic rings. The lowest BCUT2D eigenvalue weighted by Gasteiger charge is -2.25. The average Bonchev–Trinajstić information content (AvgIpc) is 3.13. The Kier molecular flexibility index (Phi) is 4.08. The lowest BCUT2D eigenvalue weighted by molar-refractivity contribution is -0.147. The maximum Gasteiger partial charge on any atom is 0.329 e. The van der Waals surface area contributed by atoms with E-state index in [9.17, 15) is 14.7 Å². The number of amides is 1. The molecule has 1 aromatic carbocycles. The molecule has 2 aliphatic carbocycles. The van der Waals surface area contributed by atoms with Gasteiger partial charge in [0.2, 0.25) is 5.91 Å². The molecular weight excluding hydrogens is 325 g/mol. The van der Waals surface area contributed by atoms with Crippen molar-refractivity contribution in [2.75, 3.05) is 0 Å². The molecule has 0 bridgehead atoms. The Morgan fingerprint density at radius 2 is 1.91 bits per heavy atom. The lowest BCUT2D eigenvalue weighted by Crippen LogP contribution is -2.53. The summed E-state index contributed by atoms with van der Waals surface area (Å²) >= 11 is 12.2. The van der Waals surface area contributed by atoms with Gasteiger partial charge in [-0.1, -0.05) is 48.2 Å². The summed E-state index contributed by atoms with van der Waals surface area (Å²) in [7, 11) is 0. The zero-order chi connectivity index (χ0) is 15.9. The highest BCUT2D eigenvalue weighted by molar-refractivity contribution is 6.42. The molecule has 0 aliphatic heterocycles. The Balaban J connectivity index is 1.70. The number of hydrogen-bond donors (Lipinski definition) is 2.